The molecule has 0 saturated heterocycles. The van der Waals surface area contributed by atoms with Gasteiger partial charge < -0.3 is 9.52 Å². The van der Waals surface area contributed by atoms with Crippen molar-refractivity contribution in [2.24, 2.45) is 0 Å². The zero-order chi connectivity index (χ0) is 14.6. The molecule has 106 valence electrons. The molecule has 2 aromatic rings. The van der Waals surface area contributed by atoms with E-state index in [1.807, 2.05) is 0 Å². The molecule has 6 nitrogen and oxygen atoms in total. The Bertz CT molecular complexity index is 664. The fourth-order valence-electron chi connectivity index (χ4n) is 1.73. The molecule has 0 aliphatic rings. The molecule has 1 heterocycles. The lowest BCUT2D eigenvalue weighted by atomic mass is 10.4. The minimum Gasteiger partial charge on any atom is -0.480 e. The van der Waals surface area contributed by atoms with Gasteiger partial charge in [-0.2, -0.15) is 0 Å². The first-order valence-electron chi connectivity index (χ1n) is 5.79. The predicted octanol–water partition coefficient (Wildman–Crippen LogP) is 1.43. The summed E-state index contributed by atoms with van der Waals surface area (Å²) in [5.41, 5.74) is 0. The third-order valence-electron chi connectivity index (χ3n) is 2.62. The van der Waals surface area contributed by atoms with Crippen molar-refractivity contribution in [1.82, 2.24) is 5.32 Å². The van der Waals surface area contributed by atoms with E-state index < -0.39 is 27.7 Å². The van der Waals surface area contributed by atoms with Gasteiger partial charge in [0.15, 0.2) is 5.37 Å². The number of carboxylic acid groups (broad SMARTS) is 1. The maximum absolute atomic E-state index is 12.5. The minimum absolute atomic E-state index is 0.0966. The van der Waals surface area contributed by atoms with E-state index >= 15 is 0 Å². The van der Waals surface area contributed by atoms with Crippen LogP contribution in [0.4, 0.5) is 0 Å². The Morgan fingerprint density at radius 3 is 2.45 bits per heavy atom. The molecule has 1 aromatic carbocycles. The molecular formula is C13H13NO5S. The summed E-state index contributed by atoms with van der Waals surface area (Å²) in [5, 5.41) is 9.95. The molecule has 0 saturated carbocycles. The number of sulfone groups is 1. The Hall–Kier alpha value is -2.12. The smallest absolute Gasteiger partial charge is 0.317 e. The fraction of sp³-hybridized carbons (Fsp3) is 0.154. The van der Waals surface area contributed by atoms with Crippen molar-refractivity contribution in [3.8, 4) is 0 Å². The summed E-state index contributed by atoms with van der Waals surface area (Å²) in [5.74, 6) is -1.00. The van der Waals surface area contributed by atoms with Gasteiger partial charge >= 0.3 is 5.97 Å². The van der Waals surface area contributed by atoms with Gasteiger partial charge in [-0.15, -0.1) is 0 Å². The standard InChI is InChI=1S/C13H13NO5S/c15-12(16)9-14-13(11-7-4-8-19-11)20(17,18)10-5-2-1-3-6-10/h1-8,13-14H,9H2,(H,15,16). The van der Waals surface area contributed by atoms with E-state index in [0.717, 1.165) is 0 Å². The number of furan rings is 1. The van der Waals surface area contributed by atoms with Gasteiger partial charge in [0, 0.05) is 0 Å². The van der Waals surface area contributed by atoms with Crippen molar-refractivity contribution in [3.63, 3.8) is 0 Å². The molecule has 0 fully saturated rings. The summed E-state index contributed by atoms with van der Waals surface area (Å²) in [6.07, 6.45) is 1.34. The number of benzene rings is 1. The van der Waals surface area contributed by atoms with Crippen molar-refractivity contribution < 1.29 is 22.7 Å². The van der Waals surface area contributed by atoms with Crippen molar-refractivity contribution in [2.45, 2.75) is 10.3 Å². The Labute approximate surface area is 116 Å². The van der Waals surface area contributed by atoms with Crippen LogP contribution in [-0.4, -0.2) is 26.0 Å². The molecule has 7 heteroatoms. The van der Waals surface area contributed by atoms with Crippen molar-refractivity contribution >= 4 is 15.8 Å². The van der Waals surface area contributed by atoms with Gasteiger partial charge in [-0.05, 0) is 24.3 Å². The molecule has 0 bridgehead atoms. The Morgan fingerprint density at radius 1 is 1.20 bits per heavy atom. The summed E-state index contributed by atoms with van der Waals surface area (Å²) in [6, 6.07) is 10.8. The molecule has 0 spiro atoms. The van der Waals surface area contributed by atoms with Gasteiger partial charge in [-0.1, -0.05) is 18.2 Å². The molecule has 0 radical (unpaired) electrons. The molecular weight excluding hydrogens is 282 g/mol. The monoisotopic (exact) mass is 295 g/mol. The molecule has 20 heavy (non-hydrogen) atoms. The summed E-state index contributed by atoms with van der Waals surface area (Å²) < 4.78 is 30.2. The first-order chi connectivity index (χ1) is 9.51. The molecule has 0 amide bonds. The molecule has 1 unspecified atom stereocenters. The predicted molar refractivity (Wildman–Crippen MR) is 70.7 cm³/mol. The lowest BCUT2D eigenvalue weighted by molar-refractivity contribution is -0.136. The number of carbonyl (C=O) groups is 1. The van der Waals surface area contributed by atoms with E-state index in [-0.39, 0.29) is 10.7 Å². The molecule has 0 aliphatic carbocycles. The van der Waals surface area contributed by atoms with Crippen molar-refractivity contribution in [1.29, 1.82) is 0 Å². The van der Waals surface area contributed by atoms with E-state index in [1.54, 1.807) is 24.3 Å². The average molecular weight is 295 g/mol. The van der Waals surface area contributed by atoms with E-state index in [0.29, 0.717) is 0 Å². The largest absolute Gasteiger partial charge is 0.480 e. The summed E-state index contributed by atoms with van der Waals surface area (Å²) in [7, 11) is -3.79. The lowest BCUT2D eigenvalue weighted by Crippen LogP contribution is -2.32. The van der Waals surface area contributed by atoms with Crippen LogP contribution >= 0.6 is 0 Å². The van der Waals surface area contributed by atoms with Gasteiger partial charge in [-0.3, -0.25) is 10.1 Å². The second kappa shape index (κ2) is 5.89. The van der Waals surface area contributed by atoms with Gasteiger partial charge in [0.1, 0.15) is 5.76 Å². The average Bonchev–Trinajstić information content (AvgIpc) is 2.93. The molecule has 1 aromatic heterocycles. The van der Waals surface area contributed by atoms with Crippen LogP contribution in [0.3, 0.4) is 0 Å². The number of rotatable bonds is 6. The normalized spacial score (nSPS) is 13.0. The van der Waals surface area contributed by atoms with E-state index in [1.165, 1.54) is 24.5 Å². The third kappa shape index (κ3) is 3.06. The van der Waals surface area contributed by atoms with Crippen LogP contribution in [-0.2, 0) is 14.6 Å². The SMILES string of the molecule is O=C(O)CNC(c1ccco1)S(=O)(=O)c1ccccc1. The molecule has 0 aliphatic heterocycles. The van der Waals surface area contributed by atoms with Crippen LogP contribution in [0.25, 0.3) is 0 Å². The Balaban J connectivity index is 2.38. The fourth-order valence-corrected chi connectivity index (χ4v) is 3.28. The van der Waals surface area contributed by atoms with Crippen LogP contribution in [0, 0.1) is 0 Å². The van der Waals surface area contributed by atoms with Gasteiger partial charge in [0.25, 0.3) is 0 Å². The van der Waals surface area contributed by atoms with Gasteiger partial charge in [0.2, 0.25) is 9.84 Å². The van der Waals surface area contributed by atoms with Crippen LogP contribution in [0.5, 0.6) is 0 Å². The van der Waals surface area contributed by atoms with Crippen LogP contribution in [0.2, 0.25) is 0 Å². The van der Waals surface area contributed by atoms with Gasteiger partial charge in [-0.25, -0.2) is 8.42 Å². The zero-order valence-electron chi connectivity index (χ0n) is 10.4. The second-order valence-electron chi connectivity index (χ2n) is 4.03. The quantitative estimate of drug-likeness (QED) is 0.836. The highest BCUT2D eigenvalue weighted by Crippen LogP contribution is 2.26. The highest BCUT2D eigenvalue weighted by Gasteiger charge is 2.31. The van der Waals surface area contributed by atoms with Crippen molar-refractivity contribution in [2.75, 3.05) is 6.54 Å². The summed E-state index contributed by atoms with van der Waals surface area (Å²) in [4.78, 5) is 10.7. The minimum atomic E-state index is -3.79. The van der Waals surface area contributed by atoms with Gasteiger partial charge in [0.05, 0.1) is 17.7 Å². The van der Waals surface area contributed by atoms with Crippen molar-refractivity contribution in [3.05, 3.63) is 54.5 Å². The van der Waals surface area contributed by atoms with Crippen LogP contribution in [0.1, 0.15) is 11.1 Å². The van der Waals surface area contributed by atoms with E-state index in [9.17, 15) is 13.2 Å². The third-order valence-corrected chi connectivity index (χ3v) is 4.57. The van der Waals surface area contributed by atoms with E-state index in [2.05, 4.69) is 5.32 Å². The lowest BCUT2D eigenvalue weighted by Gasteiger charge is -2.16. The first kappa shape index (κ1) is 14.3. The van der Waals surface area contributed by atoms with Crippen LogP contribution < -0.4 is 5.32 Å². The number of carboxylic acids is 1. The van der Waals surface area contributed by atoms with E-state index in [4.69, 9.17) is 9.52 Å². The summed E-state index contributed by atoms with van der Waals surface area (Å²) >= 11 is 0. The number of nitrogens with one attached hydrogen (secondary N) is 1. The summed E-state index contributed by atoms with van der Waals surface area (Å²) in [6.45, 7) is -0.489. The first-order valence-corrected chi connectivity index (χ1v) is 7.34. The maximum Gasteiger partial charge on any atom is 0.317 e. The molecule has 1 atom stereocenters. The van der Waals surface area contributed by atoms with Crippen LogP contribution in [0.15, 0.2) is 58.0 Å². The molecule has 2 N–H and O–H groups in total. The number of hydrogen-bond donors (Lipinski definition) is 2. The number of hydrogen-bond acceptors (Lipinski definition) is 5. The Kier molecular flexibility index (Phi) is 4.21. The zero-order valence-corrected chi connectivity index (χ0v) is 11.2. The highest BCUT2D eigenvalue weighted by molar-refractivity contribution is 7.91. The topological polar surface area (TPSA) is 96.6 Å². The maximum atomic E-state index is 12.5. The second-order valence-corrected chi connectivity index (χ2v) is 6.06. The highest BCUT2D eigenvalue weighted by atomic mass is 32.2. The molecule has 2 rings (SSSR count). The Morgan fingerprint density at radius 2 is 1.90 bits per heavy atom. The number of aliphatic carboxylic acids is 1.